The number of allylic oxidation sites excluding steroid dienone is 1. The van der Waals surface area contributed by atoms with E-state index >= 15 is 0 Å². The maximum absolute atomic E-state index is 14.0. The van der Waals surface area contributed by atoms with E-state index in [1.54, 1.807) is 12.1 Å². The molecule has 0 spiro atoms. The first-order valence-corrected chi connectivity index (χ1v) is 14.3. The fraction of sp³-hybridized carbons (Fsp3) is 0.517. The summed E-state index contributed by atoms with van der Waals surface area (Å²) in [6, 6.07) is 1.64. The van der Waals surface area contributed by atoms with E-state index in [4.69, 9.17) is 4.99 Å². The van der Waals surface area contributed by atoms with E-state index in [-0.39, 0.29) is 23.3 Å². The number of halogens is 1. The van der Waals surface area contributed by atoms with E-state index in [2.05, 4.69) is 37.1 Å². The summed E-state index contributed by atoms with van der Waals surface area (Å²) >= 11 is 3.55. The highest BCUT2D eigenvalue weighted by atomic mass is 79.9. The van der Waals surface area contributed by atoms with Gasteiger partial charge in [-0.25, -0.2) is 9.59 Å². The average molecular weight is 619 g/mol. The van der Waals surface area contributed by atoms with Gasteiger partial charge in [0.15, 0.2) is 0 Å². The number of aliphatic imine (C=N–C) groups is 1. The van der Waals surface area contributed by atoms with E-state index in [0.29, 0.717) is 82.8 Å². The summed E-state index contributed by atoms with van der Waals surface area (Å²) in [5.74, 6) is -1.12. The summed E-state index contributed by atoms with van der Waals surface area (Å²) in [5, 5.41) is 14.4. The Morgan fingerprint density at radius 3 is 2.02 bits per heavy atom. The quantitative estimate of drug-likeness (QED) is 0.309. The largest absolute Gasteiger partial charge is 0.860 e. The van der Waals surface area contributed by atoms with Crippen molar-refractivity contribution >= 4 is 49.8 Å². The zero-order valence-electron chi connectivity index (χ0n) is 25.1. The predicted molar refractivity (Wildman–Crippen MR) is 159 cm³/mol. The smallest absolute Gasteiger partial charge is 0.353 e. The molecule has 2 aromatic rings. The predicted octanol–water partition coefficient (Wildman–Crippen LogP) is -0.292. The van der Waals surface area contributed by atoms with Crippen molar-refractivity contribution in [2.45, 2.75) is 6.54 Å². The van der Waals surface area contributed by atoms with Crippen molar-refractivity contribution in [1.82, 2.24) is 4.57 Å². The number of amides is 2. The lowest BCUT2D eigenvalue weighted by Crippen LogP contribution is -3.18. The third-order valence-electron chi connectivity index (χ3n) is 7.37. The molecule has 10 nitrogen and oxygen atoms in total. The van der Waals surface area contributed by atoms with Crippen molar-refractivity contribution in [3.63, 3.8) is 0 Å². The van der Waals surface area contributed by atoms with Gasteiger partial charge in [-0.15, -0.1) is 0 Å². The Hall–Kier alpha value is -2.70. The molecule has 1 unspecified atom stereocenters. The van der Waals surface area contributed by atoms with Crippen LogP contribution in [0.5, 0.6) is 5.88 Å². The molecule has 216 valence electrons. The lowest BCUT2D eigenvalue weighted by molar-refractivity contribution is -0.891. The maximum atomic E-state index is 14.0. The van der Waals surface area contributed by atoms with Gasteiger partial charge >= 0.3 is 11.8 Å². The van der Waals surface area contributed by atoms with E-state index in [1.807, 2.05) is 42.3 Å². The van der Waals surface area contributed by atoms with Crippen molar-refractivity contribution in [1.29, 1.82) is 0 Å². The number of nitrogens with one attached hydrogen (secondary N) is 1. The van der Waals surface area contributed by atoms with Crippen LogP contribution in [0.4, 0.5) is 0 Å². The average Bonchev–Trinajstić information content (AvgIpc) is 2.79. The van der Waals surface area contributed by atoms with Crippen LogP contribution in [0.3, 0.4) is 0 Å². The first-order valence-electron chi connectivity index (χ1n) is 13.5. The molecule has 2 aliphatic rings. The molecule has 0 fully saturated rings. The summed E-state index contributed by atoms with van der Waals surface area (Å²) in [7, 11) is 18.2. The molecule has 1 N–H and O–H groups in total. The minimum atomic E-state index is -0.436. The first-order chi connectivity index (χ1) is 18.3. The molecule has 1 aliphatic heterocycles. The Morgan fingerprint density at radius 2 is 1.45 bits per heavy atom. The molecule has 40 heavy (non-hydrogen) atoms. The summed E-state index contributed by atoms with van der Waals surface area (Å²) in [6.45, 7) is 2.90. The van der Waals surface area contributed by atoms with Crippen molar-refractivity contribution in [3.05, 3.63) is 43.7 Å². The SMILES string of the molecule is C[N+](C)(C)CCN=C1C=C2C(=O)[NH+](CC[N+](C)(C)C)C(=O)c3c(Br)cc4c([O-])n(CC[N+](C)(C)C)c(=O)c1c4c32. The van der Waals surface area contributed by atoms with Gasteiger partial charge in [0.1, 0.15) is 18.7 Å². The monoisotopic (exact) mass is 617 g/mol. The minimum absolute atomic E-state index is 0.222. The van der Waals surface area contributed by atoms with Gasteiger partial charge in [0.25, 0.3) is 5.56 Å². The number of benzene rings is 1. The van der Waals surface area contributed by atoms with Gasteiger partial charge in [0.2, 0.25) is 0 Å². The second kappa shape index (κ2) is 10.3. The fourth-order valence-electron chi connectivity index (χ4n) is 5.04. The summed E-state index contributed by atoms with van der Waals surface area (Å²) in [4.78, 5) is 46.7. The number of hydrogen-bond donors (Lipinski definition) is 1. The van der Waals surface area contributed by atoms with Crippen LogP contribution in [0.1, 0.15) is 21.5 Å². The minimum Gasteiger partial charge on any atom is -0.860 e. The van der Waals surface area contributed by atoms with E-state index in [1.165, 1.54) is 4.57 Å². The van der Waals surface area contributed by atoms with Crippen LogP contribution in [0.15, 0.2) is 26.4 Å². The molecule has 0 radical (unpaired) electrons. The van der Waals surface area contributed by atoms with Crippen LogP contribution in [0.2, 0.25) is 0 Å². The molecule has 4 rings (SSSR count). The molecule has 0 bridgehead atoms. The normalized spacial score (nSPS) is 18.6. The molecular formula is C29H42BrN6O4+3. The molecule has 2 heterocycles. The number of imide groups is 1. The molecule has 1 aromatic carbocycles. The Morgan fingerprint density at radius 1 is 0.850 bits per heavy atom. The van der Waals surface area contributed by atoms with Crippen LogP contribution >= 0.6 is 15.9 Å². The number of carbonyl (C=O) groups is 2. The van der Waals surface area contributed by atoms with E-state index in [0.717, 1.165) is 6.54 Å². The Bertz CT molecular complexity index is 1530. The summed E-state index contributed by atoms with van der Waals surface area (Å²) < 4.78 is 3.59. The van der Waals surface area contributed by atoms with Crippen LogP contribution in [-0.2, 0) is 11.3 Å². The van der Waals surface area contributed by atoms with Gasteiger partial charge in [-0.3, -0.25) is 9.79 Å². The van der Waals surface area contributed by atoms with Gasteiger partial charge in [-0.05, 0) is 39.3 Å². The Kier molecular flexibility index (Phi) is 7.79. The molecule has 0 saturated carbocycles. The van der Waals surface area contributed by atoms with Crippen molar-refractivity contribution in [2.24, 2.45) is 4.99 Å². The number of quaternary nitrogens is 4. The number of rotatable bonds is 9. The lowest BCUT2D eigenvalue weighted by Gasteiger charge is -2.32. The zero-order chi connectivity index (χ0) is 29.9. The Balaban J connectivity index is 2.02. The second-order valence-corrected chi connectivity index (χ2v) is 14.8. The third-order valence-corrected chi connectivity index (χ3v) is 8.00. The number of hydrogen-bond acceptors (Lipinski definition) is 5. The highest BCUT2D eigenvalue weighted by Gasteiger charge is 2.46. The first kappa shape index (κ1) is 30.3. The standard InChI is InChI=1S/C29H41BrN6O4/c1-34(2,3)13-10-31-21-17-19-22-23-18(26(37)33(29(40)25(21)23)12-15-36(7,8)9)16-20(30)24(22)28(39)32(27(19)38)11-14-35(4,5)6/h16-17H,10-15H2,1-9H3/q+2/p+1. The highest BCUT2D eigenvalue weighted by Crippen LogP contribution is 2.41. The summed E-state index contributed by atoms with van der Waals surface area (Å²) in [6.07, 6.45) is 1.67. The van der Waals surface area contributed by atoms with Crippen molar-refractivity contribution in [3.8, 4) is 5.88 Å². The lowest BCUT2D eigenvalue weighted by atomic mass is 9.81. The van der Waals surface area contributed by atoms with Crippen molar-refractivity contribution in [2.75, 3.05) is 96.2 Å². The Labute approximate surface area is 244 Å². The topological polar surface area (TPSA) is 96.0 Å². The number of carbonyl (C=O) groups excluding carboxylic acids is 2. The molecule has 1 aromatic heterocycles. The van der Waals surface area contributed by atoms with Gasteiger partial charge in [-0.2, -0.15) is 4.90 Å². The highest BCUT2D eigenvalue weighted by molar-refractivity contribution is 9.10. The fourth-order valence-corrected chi connectivity index (χ4v) is 5.64. The molecular weight excluding hydrogens is 576 g/mol. The van der Waals surface area contributed by atoms with E-state index in [9.17, 15) is 19.5 Å². The van der Waals surface area contributed by atoms with Crippen LogP contribution < -0.4 is 15.6 Å². The molecule has 0 saturated heterocycles. The second-order valence-electron chi connectivity index (χ2n) is 13.9. The van der Waals surface area contributed by atoms with Gasteiger partial charge in [-0.1, -0.05) is 0 Å². The number of pyridine rings is 1. The summed E-state index contributed by atoms with van der Waals surface area (Å²) in [5.41, 5.74) is 1.30. The maximum Gasteiger partial charge on any atom is 0.353 e. The molecule has 1 aliphatic carbocycles. The number of nitrogens with zero attached hydrogens (tertiary/aromatic N) is 5. The molecule has 2 amide bonds. The van der Waals surface area contributed by atoms with Gasteiger partial charge in [0.05, 0.1) is 106 Å². The van der Waals surface area contributed by atoms with Crippen molar-refractivity contribution < 1.29 is 33.0 Å². The zero-order valence-corrected chi connectivity index (χ0v) is 26.7. The molecule has 1 atom stereocenters. The van der Waals surface area contributed by atoms with E-state index < -0.39 is 11.4 Å². The van der Waals surface area contributed by atoms with Crippen LogP contribution in [-0.4, -0.2) is 132 Å². The van der Waals surface area contributed by atoms with Gasteiger partial charge in [0, 0.05) is 15.4 Å². The molecule has 11 heteroatoms. The van der Waals surface area contributed by atoms with Crippen LogP contribution in [0, 0.1) is 0 Å². The number of aromatic nitrogens is 1. The van der Waals surface area contributed by atoms with Crippen LogP contribution in [0.25, 0.3) is 16.3 Å². The number of likely N-dealkylation sites (N-methyl/N-ethyl adjacent to an activating group) is 3. The van der Waals surface area contributed by atoms with Gasteiger partial charge < -0.3 is 23.1 Å². The third kappa shape index (κ3) is 5.84.